The van der Waals surface area contributed by atoms with E-state index in [-0.39, 0.29) is 23.5 Å². The normalized spacial score (nSPS) is 12.0. The van der Waals surface area contributed by atoms with Gasteiger partial charge in [0.05, 0.1) is 17.4 Å². The van der Waals surface area contributed by atoms with Gasteiger partial charge in [-0.2, -0.15) is 0 Å². The van der Waals surface area contributed by atoms with Crippen molar-refractivity contribution in [2.45, 2.75) is 33.7 Å². The lowest BCUT2D eigenvalue weighted by Crippen LogP contribution is -2.27. The molecule has 0 fully saturated rings. The van der Waals surface area contributed by atoms with Crippen LogP contribution in [0.4, 0.5) is 4.39 Å². The maximum Gasteiger partial charge on any atom is 0.274 e. The van der Waals surface area contributed by atoms with E-state index in [9.17, 15) is 9.18 Å². The number of halogens is 1. The Labute approximate surface area is 151 Å². The molecule has 1 atom stereocenters. The quantitative estimate of drug-likeness (QED) is 0.776. The Morgan fingerprint density at radius 2 is 1.77 bits per heavy atom. The largest absolute Gasteiger partial charge is 0.344 e. The summed E-state index contributed by atoms with van der Waals surface area (Å²) in [5.41, 5.74) is 4.96. The lowest BCUT2D eigenvalue weighted by Gasteiger charge is -2.13. The number of carbonyl (C=O) groups is 1. The summed E-state index contributed by atoms with van der Waals surface area (Å²) in [6.07, 6.45) is 0. The Bertz CT molecular complexity index is 947. The van der Waals surface area contributed by atoms with Crippen molar-refractivity contribution >= 4 is 5.91 Å². The lowest BCUT2D eigenvalue weighted by atomic mass is 10.1. The average Bonchev–Trinajstić information content (AvgIpc) is 2.99. The first-order chi connectivity index (χ1) is 12.4. The monoisotopic (exact) mass is 352 g/mol. The third kappa shape index (κ3) is 3.49. The van der Waals surface area contributed by atoms with Crippen molar-refractivity contribution in [1.29, 1.82) is 0 Å². The van der Waals surface area contributed by atoms with Crippen LogP contribution in [0.5, 0.6) is 0 Å². The number of nitrogens with zero attached hydrogens (tertiary/aromatic N) is 3. The van der Waals surface area contributed by atoms with E-state index < -0.39 is 0 Å². The van der Waals surface area contributed by atoms with Crippen LogP contribution in [0.2, 0.25) is 0 Å². The zero-order valence-corrected chi connectivity index (χ0v) is 15.2. The van der Waals surface area contributed by atoms with Crippen molar-refractivity contribution < 1.29 is 9.18 Å². The second kappa shape index (κ2) is 7.07. The van der Waals surface area contributed by atoms with Crippen molar-refractivity contribution in [2.75, 3.05) is 0 Å². The van der Waals surface area contributed by atoms with Gasteiger partial charge in [-0.05, 0) is 68.7 Å². The maximum absolute atomic E-state index is 13.0. The molecule has 0 saturated carbocycles. The predicted molar refractivity (Wildman–Crippen MR) is 97.9 cm³/mol. The van der Waals surface area contributed by atoms with Crippen LogP contribution in [0.25, 0.3) is 5.69 Å². The zero-order chi connectivity index (χ0) is 18.8. The van der Waals surface area contributed by atoms with E-state index in [4.69, 9.17) is 0 Å². The molecule has 134 valence electrons. The molecule has 3 rings (SSSR count). The molecule has 1 heterocycles. The van der Waals surface area contributed by atoms with E-state index in [2.05, 4.69) is 15.6 Å². The second-order valence-electron chi connectivity index (χ2n) is 6.45. The third-order valence-electron chi connectivity index (χ3n) is 4.56. The fourth-order valence-corrected chi connectivity index (χ4v) is 2.74. The van der Waals surface area contributed by atoms with Crippen LogP contribution in [0.1, 0.15) is 45.8 Å². The fraction of sp³-hybridized carbons (Fsp3) is 0.250. The zero-order valence-electron chi connectivity index (χ0n) is 15.2. The minimum atomic E-state index is -0.311. The molecule has 3 aromatic rings. The van der Waals surface area contributed by atoms with Gasteiger partial charge in [0.25, 0.3) is 5.91 Å². The molecule has 1 amide bonds. The molecule has 0 aliphatic carbocycles. The molecule has 0 radical (unpaired) electrons. The van der Waals surface area contributed by atoms with E-state index in [0.29, 0.717) is 5.69 Å². The standard InChI is InChI=1S/C20H21FN4O/c1-12-5-10-18(11-13(12)2)25-15(4)19(23-24-25)20(26)22-14(3)16-6-8-17(21)9-7-16/h5-11,14H,1-4H3,(H,22,26)/t14-/m0/s1. The van der Waals surface area contributed by atoms with Crippen LogP contribution in [0.3, 0.4) is 0 Å². The van der Waals surface area contributed by atoms with E-state index in [0.717, 1.165) is 16.8 Å². The number of aryl methyl sites for hydroxylation is 2. The lowest BCUT2D eigenvalue weighted by molar-refractivity contribution is 0.0934. The number of hydrogen-bond acceptors (Lipinski definition) is 3. The van der Waals surface area contributed by atoms with Crippen LogP contribution >= 0.6 is 0 Å². The van der Waals surface area contributed by atoms with Crippen LogP contribution in [0, 0.1) is 26.6 Å². The summed E-state index contributed by atoms with van der Waals surface area (Å²) in [6, 6.07) is 11.8. The van der Waals surface area contributed by atoms with Gasteiger partial charge < -0.3 is 5.32 Å². The third-order valence-corrected chi connectivity index (χ3v) is 4.56. The Kier molecular flexibility index (Phi) is 4.84. The molecular formula is C20H21FN4O. The SMILES string of the molecule is Cc1ccc(-n2nnc(C(=O)N[C@@H](C)c3ccc(F)cc3)c2C)cc1C. The summed E-state index contributed by atoms with van der Waals surface area (Å²) in [4.78, 5) is 12.6. The summed E-state index contributed by atoms with van der Waals surface area (Å²) in [5, 5.41) is 11.1. The summed E-state index contributed by atoms with van der Waals surface area (Å²) >= 11 is 0. The highest BCUT2D eigenvalue weighted by atomic mass is 19.1. The summed E-state index contributed by atoms with van der Waals surface area (Å²) in [7, 11) is 0. The topological polar surface area (TPSA) is 59.8 Å². The van der Waals surface area contributed by atoms with Gasteiger partial charge in [-0.15, -0.1) is 5.10 Å². The van der Waals surface area contributed by atoms with Gasteiger partial charge in [0.1, 0.15) is 5.82 Å². The maximum atomic E-state index is 13.0. The van der Waals surface area contributed by atoms with Crippen molar-refractivity contribution in [2.24, 2.45) is 0 Å². The average molecular weight is 352 g/mol. The summed E-state index contributed by atoms with van der Waals surface area (Å²) in [6.45, 7) is 7.73. The van der Waals surface area contributed by atoms with Gasteiger partial charge in [0.15, 0.2) is 5.69 Å². The Morgan fingerprint density at radius 3 is 2.42 bits per heavy atom. The van der Waals surface area contributed by atoms with E-state index in [1.165, 1.54) is 17.7 Å². The highest BCUT2D eigenvalue weighted by Crippen LogP contribution is 2.18. The molecule has 1 N–H and O–H groups in total. The van der Waals surface area contributed by atoms with Crippen molar-refractivity contribution in [3.8, 4) is 5.69 Å². The van der Waals surface area contributed by atoms with Gasteiger partial charge in [-0.3, -0.25) is 4.79 Å². The second-order valence-corrected chi connectivity index (χ2v) is 6.45. The molecule has 6 heteroatoms. The number of hydrogen-bond donors (Lipinski definition) is 1. The number of rotatable bonds is 4. The minimum Gasteiger partial charge on any atom is -0.344 e. The van der Waals surface area contributed by atoms with Gasteiger partial charge in [0, 0.05) is 0 Å². The summed E-state index contributed by atoms with van der Waals surface area (Å²) in [5.74, 6) is -0.617. The summed E-state index contributed by atoms with van der Waals surface area (Å²) < 4.78 is 14.7. The number of aromatic nitrogens is 3. The Hall–Kier alpha value is -3.02. The highest BCUT2D eigenvalue weighted by molar-refractivity contribution is 5.93. The van der Waals surface area contributed by atoms with Crippen LogP contribution < -0.4 is 5.32 Å². The van der Waals surface area contributed by atoms with Crippen molar-refractivity contribution in [1.82, 2.24) is 20.3 Å². The Morgan fingerprint density at radius 1 is 1.08 bits per heavy atom. The first-order valence-electron chi connectivity index (χ1n) is 8.43. The molecule has 1 aromatic heterocycles. The van der Waals surface area contributed by atoms with E-state index in [1.54, 1.807) is 16.8 Å². The van der Waals surface area contributed by atoms with E-state index >= 15 is 0 Å². The number of carbonyl (C=O) groups excluding carboxylic acids is 1. The molecule has 2 aromatic carbocycles. The molecule has 0 saturated heterocycles. The Balaban J connectivity index is 1.81. The smallest absolute Gasteiger partial charge is 0.274 e. The molecule has 0 spiro atoms. The van der Waals surface area contributed by atoms with Crippen LogP contribution in [-0.4, -0.2) is 20.9 Å². The molecular weight excluding hydrogens is 331 g/mol. The van der Waals surface area contributed by atoms with Crippen molar-refractivity contribution in [3.63, 3.8) is 0 Å². The first-order valence-corrected chi connectivity index (χ1v) is 8.43. The number of benzene rings is 2. The van der Waals surface area contributed by atoms with Crippen LogP contribution in [-0.2, 0) is 0 Å². The van der Waals surface area contributed by atoms with Gasteiger partial charge >= 0.3 is 0 Å². The van der Waals surface area contributed by atoms with Gasteiger partial charge in [-0.1, -0.05) is 23.4 Å². The van der Waals surface area contributed by atoms with Crippen molar-refractivity contribution in [3.05, 3.63) is 76.4 Å². The minimum absolute atomic E-state index is 0.269. The molecule has 0 bridgehead atoms. The predicted octanol–water partition coefficient (Wildman–Crippen LogP) is 3.82. The first kappa shape index (κ1) is 17.8. The molecule has 5 nitrogen and oxygen atoms in total. The van der Waals surface area contributed by atoms with E-state index in [1.807, 2.05) is 45.9 Å². The molecule has 26 heavy (non-hydrogen) atoms. The molecule has 0 unspecified atom stereocenters. The van der Waals surface area contributed by atoms with Gasteiger partial charge in [-0.25, -0.2) is 9.07 Å². The number of amides is 1. The molecule has 0 aliphatic heterocycles. The highest BCUT2D eigenvalue weighted by Gasteiger charge is 2.19. The number of nitrogens with one attached hydrogen (secondary N) is 1. The van der Waals surface area contributed by atoms with Crippen LogP contribution in [0.15, 0.2) is 42.5 Å². The molecule has 0 aliphatic rings. The van der Waals surface area contributed by atoms with Gasteiger partial charge in [0.2, 0.25) is 0 Å². The fourth-order valence-electron chi connectivity index (χ4n) is 2.74.